The van der Waals surface area contributed by atoms with Crippen molar-refractivity contribution in [2.24, 2.45) is 0 Å². The van der Waals surface area contributed by atoms with E-state index < -0.39 is 0 Å². The lowest BCUT2D eigenvalue weighted by molar-refractivity contribution is 1.18. The van der Waals surface area contributed by atoms with E-state index in [1.807, 2.05) is 35.6 Å². The van der Waals surface area contributed by atoms with Gasteiger partial charge in [-0.2, -0.15) is 5.26 Å². The number of hydrogen-bond acceptors (Lipinski definition) is 3. The van der Waals surface area contributed by atoms with Gasteiger partial charge in [0.25, 0.3) is 0 Å². The number of hydrogen-bond donors (Lipinski definition) is 0. The maximum atomic E-state index is 9.64. The Labute approximate surface area is 340 Å². The lowest BCUT2D eigenvalue weighted by Gasteiger charge is -2.16. The minimum Gasteiger partial charge on any atom is -0.309 e. The lowest BCUT2D eigenvalue weighted by Crippen LogP contribution is -1.97. The van der Waals surface area contributed by atoms with Crippen molar-refractivity contribution in [2.45, 2.75) is 0 Å². The average Bonchev–Trinajstić information content (AvgIpc) is 3.85. The number of fused-ring (bicyclic) bond motifs is 6. The third-order valence-electron chi connectivity index (χ3n) is 11.2. The first-order valence-corrected chi connectivity index (χ1v) is 20.2. The van der Waals surface area contributed by atoms with Crippen LogP contribution in [0.2, 0.25) is 0 Å². The van der Waals surface area contributed by atoms with E-state index in [2.05, 4.69) is 187 Å². The molecule has 0 spiro atoms. The van der Waals surface area contributed by atoms with Gasteiger partial charge in [0, 0.05) is 47.8 Å². The number of benzene rings is 8. The largest absolute Gasteiger partial charge is 0.309 e. The third kappa shape index (κ3) is 5.77. The molecular formula is C54H33N3S. The molecular weight excluding hydrogens is 723 g/mol. The zero-order valence-electron chi connectivity index (χ0n) is 31.3. The van der Waals surface area contributed by atoms with Gasteiger partial charge in [0.1, 0.15) is 0 Å². The van der Waals surface area contributed by atoms with Crippen LogP contribution in [0.1, 0.15) is 5.56 Å². The van der Waals surface area contributed by atoms with Crippen LogP contribution in [-0.2, 0) is 0 Å². The Morgan fingerprint density at radius 1 is 0.414 bits per heavy atom. The van der Waals surface area contributed by atoms with Gasteiger partial charge in [-0.25, -0.2) is 4.98 Å². The highest BCUT2D eigenvalue weighted by Crippen LogP contribution is 2.43. The molecule has 11 aromatic rings. The fourth-order valence-electron chi connectivity index (χ4n) is 8.41. The van der Waals surface area contributed by atoms with Gasteiger partial charge in [-0.05, 0) is 94.0 Å². The third-order valence-corrected chi connectivity index (χ3v) is 12.4. The first kappa shape index (κ1) is 33.7. The first-order chi connectivity index (χ1) is 28.7. The Morgan fingerprint density at radius 2 is 1.00 bits per heavy atom. The lowest BCUT2D eigenvalue weighted by atomic mass is 9.95. The quantitative estimate of drug-likeness (QED) is 0.170. The maximum Gasteiger partial charge on any atom is 0.0991 e. The summed E-state index contributed by atoms with van der Waals surface area (Å²) < 4.78 is 5.03. The van der Waals surface area contributed by atoms with Gasteiger partial charge in [0.05, 0.1) is 34.1 Å². The summed E-state index contributed by atoms with van der Waals surface area (Å²) >= 11 is 1.86. The predicted octanol–water partition coefficient (Wildman–Crippen LogP) is 14.8. The molecule has 0 saturated carbocycles. The molecule has 0 aliphatic carbocycles. The van der Waals surface area contributed by atoms with Crippen molar-refractivity contribution < 1.29 is 0 Å². The van der Waals surface area contributed by atoms with Crippen LogP contribution in [0.15, 0.2) is 200 Å². The van der Waals surface area contributed by atoms with Gasteiger partial charge < -0.3 is 4.57 Å². The number of nitriles is 1. The molecule has 4 heteroatoms. The summed E-state index contributed by atoms with van der Waals surface area (Å²) in [6.45, 7) is 0. The summed E-state index contributed by atoms with van der Waals surface area (Å²) in [5.74, 6) is 0. The summed E-state index contributed by atoms with van der Waals surface area (Å²) in [6.07, 6.45) is 0. The second kappa shape index (κ2) is 13.9. The summed E-state index contributed by atoms with van der Waals surface area (Å²) in [7, 11) is 0. The maximum absolute atomic E-state index is 9.64. The fourth-order valence-corrected chi connectivity index (χ4v) is 9.65. The van der Waals surface area contributed by atoms with Crippen LogP contribution < -0.4 is 0 Å². The van der Waals surface area contributed by atoms with Crippen molar-refractivity contribution in [3.05, 3.63) is 206 Å². The number of pyridine rings is 1. The number of rotatable bonds is 6. The minimum atomic E-state index is 0.637. The predicted molar refractivity (Wildman–Crippen MR) is 243 cm³/mol. The Morgan fingerprint density at radius 3 is 1.72 bits per heavy atom. The zero-order chi connectivity index (χ0) is 38.6. The van der Waals surface area contributed by atoms with Crippen LogP contribution in [0.5, 0.6) is 0 Å². The van der Waals surface area contributed by atoms with Crippen molar-refractivity contribution in [3.8, 4) is 67.7 Å². The molecule has 270 valence electrons. The molecule has 3 heterocycles. The zero-order valence-corrected chi connectivity index (χ0v) is 32.1. The van der Waals surface area contributed by atoms with E-state index in [-0.39, 0.29) is 0 Å². The van der Waals surface area contributed by atoms with E-state index in [1.165, 1.54) is 42.1 Å². The Balaban J connectivity index is 1.17. The van der Waals surface area contributed by atoms with Crippen molar-refractivity contribution in [1.29, 1.82) is 5.26 Å². The number of nitrogens with zero attached hydrogens (tertiary/aromatic N) is 3. The normalized spacial score (nSPS) is 11.4. The highest BCUT2D eigenvalue weighted by Gasteiger charge is 2.18. The van der Waals surface area contributed by atoms with Gasteiger partial charge in [0.2, 0.25) is 0 Å². The Kier molecular flexibility index (Phi) is 8.06. The topological polar surface area (TPSA) is 41.6 Å². The van der Waals surface area contributed by atoms with Crippen LogP contribution in [0.4, 0.5) is 0 Å². The SMILES string of the molecule is N#Cc1ccc(-c2cc(-c3cc(-c4ccccc4)nc(-c4ccccc4)c3)cc(-n3c4ccccc4c4ccc(-c5cccc6c5sc5ccccc56)cc43)c2)cc1. The molecule has 0 saturated heterocycles. The van der Waals surface area contributed by atoms with E-state index in [4.69, 9.17) is 4.98 Å². The van der Waals surface area contributed by atoms with E-state index in [0.717, 1.165) is 61.5 Å². The molecule has 0 atom stereocenters. The molecule has 0 amide bonds. The molecule has 0 fully saturated rings. The fraction of sp³-hybridized carbons (Fsp3) is 0. The Bertz CT molecular complexity index is 3330. The van der Waals surface area contributed by atoms with Crippen LogP contribution in [0.3, 0.4) is 0 Å². The smallest absolute Gasteiger partial charge is 0.0991 e. The van der Waals surface area contributed by atoms with E-state index in [9.17, 15) is 5.26 Å². The van der Waals surface area contributed by atoms with E-state index >= 15 is 0 Å². The van der Waals surface area contributed by atoms with Gasteiger partial charge in [-0.1, -0.05) is 140 Å². The molecule has 3 aromatic heterocycles. The first-order valence-electron chi connectivity index (χ1n) is 19.4. The highest BCUT2D eigenvalue weighted by atomic mass is 32.1. The second-order valence-electron chi connectivity index (χ2n) is 14.7. The molecule has 58 heavy (non-hydrogen) atoms. The minimum absolute atomic E-state index is 0.637. The summed E-state index contributed by atoms with van der Waals surface area (Å²) in [6, 6.07) is 73.3. The molecule has 11 rings (SSSR count). The summed E-state index contributed by atoms with van der Waals surface area (Å²) in [5, 5.41) is 14.6. The van der Waals surface area contributed by atoms with Gasteiger partial charge in [-0.3, -0.25) is 0 Å². The molecule has 0 aliphatic heterocycles. The van der Waals surface area contributed by atoms with Crippen molar-refractivity contribution in [3.63, 3.8) is 0 Å². The van der Waals surface area contributed by atoms with Crippen molar-refractivity contribution in [2.75, 3.05) is 0 Å². The van der Waals surface area contributed by atoms with Crippen molar-refractivity contribution >= 4 is 53.3 Å². The van der Waals surface area contributed by atoms with Crippen LogP contribution >= 0.6 is 11.3 Å². The standard InChI is InChI=1S/C54H33N3S/c55-34-35-22-24-36(25-23-35)40-28-41(42-31-49(37-12-3-1-4-13-37)56-50(32-42)38-14-5-2-6-15-38)30-43(29-40)57-51-20-9-7-16-45(51)46-27-26-39(33-52(46)57)44-18-11-19-48-47-17-8-10-21-53(47)58-54(44)48/h1-33H. The van der Waals surface area contributed by atoms with E-state index in [0.29, 0.717) is 5.56 Å². The highest BCUT2D eigenvalue weighted by molar-refractivity contribution is 7.26. The molecule has 0 unspecified atom stereocenters. The van der Waals surface area contributed by atoms with Gasteiger partial charge in [-0.15, -0.1) is 11.3 Å². The molecule has 8 aromatic carbocycles. The second-order valence-corrected chi connectivity index (χ2v) is 15.7. The molecule has 0 radical (unpaired) electrons. The number of aromatic nitrogens is 2. The van der Waals surface area contributed by atoms with Gasteiger partial charge in [0.15, 0.2) is 0 Å². The van der Waals surface area contributed by atoms with E-state index in [1.54, 1.807) is 0 Å². The van der Waals surface area contributed by atoms with Crippen LogP contribution in [0, 0.1) is 11.3 Å². The average molecular weight is 756 g/mol. The summed E-state index contributed by atoms with van der Waals surface area (Å²) in [5.41, 5.74) is 14.6. The van der Waals surface area contributed by atoms with Crippen LogP contribution in [0.25, 0.3) is 104 Å². The molecule has 0 N–H and O–H groups in total. The number of para-hydroxylation sites is 1. The number of thiophene rings is 1. The monoisotopic (exact) mass is 755 g/mol. The Hall–Kier alpha value is -7.58. The molecule has 0 aliphatic rings. The molecule has 0 bridgehead atoms. The summed E-state index contributed by atoms with van der Waals surface area (Å²) in [4.78, 5) is 5.19. The molecule has 3 nitrogen and oxygen atoms in total. The van der Waals surface area contributed by atoms with Gasteiger partial charge >= 0.3 is 0 Å². The van der Waals surface area contributed by atoms with Crippen LogP contribution in [-0.4, -0.2) is 9.55 Å². The van der Waals surface area contributed by atoms with Crippen molar-refractivity contribution in [1.82, 2.24) is 9.55 Å².